The summed E-state index contributed by atoms with van der Waals surface area (Å²) in [7, 11) is 0. The third kappa shape index (κ3) is 4.95. The lowest BCUT2D eigenvalue weighted by Crippen LogP contribution is -2.47. The smallest absolute Gasteiger partial charge is 0.237 e. The highest BCUT2D eigenvalue weighted by Crippen LogP contribution is 2.12. The summed E-state index contributed by atoms with van der Waals surface area (Å²) in [6.45, 7) is 7.54. The molecule has 0 heterocycles. The van der Waals surface area contributed by atoms with Crippen LogP contribution in [0.2, 0.25) is 0 Å². The van der Waals surface area contributed by atoms with Gasteiger partial charge in [0, 0.05) is 6.54 Å². The summed E-state index contributed by atoms with van der Waals surface area (Å²) in [5.74, 6) is -0.241. The maximum atomic E-state index is 11.4. The third-order valence-electron chi connectivity index (χ3n) is 2.67. The number of aliphatic hydroxyl groups is 1. The lowest BCUT2D eigenvalue weighted by atomic mass is 9.97. The van der Waals surface area contributed by atoms with Gasteiger partial charge >= 0.3 is 0 Å². The number of carbonyl (C=O) groups excluding carboxylic acids is 1. The Morgan fingerprint density at radius 1 is 1.60 bits per heavy atom. The van der Waals surface area contributed by atoms with Crippen LogP contribution in [0, 0.1) is 0 Å². The van der Waals surface area contributed by atoms with E-state index < -0.39 is 11.6 Å². The van der Waals surface area contributed by atoms with Crippen molar-refractivity contribution in [3.63, 3.8) is 0 Å². The van der Waals surface area contributed by atoms with Crippen molar-refractivity contribution >= 4 is 5.91 Å². The fraction of sp³-hybridized carbons (Fsp3) is 0.727. The maximum absolute atomic E-state index is 11.4. The van der Waals surface area contributed by atoms with Crippen LogP contribution in [0.1, 0.15) is 33.1 Å². The van der Waals surface area contributed by atoms with Crippen molar-refractivity contribution in [2.24, 2.45) is 5.73 Å². The molecule has 0 aromatic carbocycles. The van der Waals surface area contributed by atoms with E-state index in [1.807, 2.05) is 13.8 Å². The lowest BCUT2D eigenvalue weighted by Gasteiger charge is -2.26. The monoisotopic (exact) mass is 214 g/mol. The van der Waals surface area contributed by atoms with E-state index in [-0.39, 0.29) is 12.5 Å². The average molecular weight is 214 g/mol. The van der Waals surface area contributed by atoms with Crippen molar-refractivity contribution < 1.29 is 9.90 Å². The Bertz CT molecular complexity index is 213. The summed E-state index contributed by atoms with van der Waals surface area (Å²) in [6, 6.07) is -0.569. The molecule has 0 aromatic rings. The molecule has 0 aromatic heterocycles. The summed E-state index contributed by atoms with van der Waals surface area (Å²) in [6.07, 6.45) is 3.28. The molecule has 1 amide bonds. The van der Waals surface area contributed by atoms with Crippen LogP contribution < -0.4 is 11.1 Å². The molecule has 15 heavy (non-hydrogen) atoms. The minimum Gasteiger partial charge on any atom is -0.388 e. The summed E-state index contributed by atoms with van der Waals surface area (Å²) < 4.78 is 0. The molecule has 0 saturated carbocycles. The first-order valence-corrected chi connectivity index (χ1v) is 5.35. The quantitative estimate of drug-likeness (QED) is 0.542. The van der Waals surface area contributed by atoms with Crippen molar-refractivity contribution in [3.05, 3.63) is 12.7 Å². The zero-order chi connectivity index (χ0) is 11.9. The number of hydrogen-bond donors (Lipinski definition) is 3. The first-order chi connectivity index (χ1) is 6.99. The molecule has 88 valence electrons. The lowest BCUT2D eigenvalue weighted by molar-refractivity contribution is -0.123. The van der Waals surface area contributed by atoms with Gasteiger partial charge in [-0.15, -0.1) is 6.58 Å². The Kier molecular flexibility index (Phi) is 6.20. The molecule has 0 radical (unpaired) electrons. The van der Waals surface area contributed by atoms with Crippen molar-refractivity contribution in [2.45, 2.75) is 44.8 Å². The molecule has 4 nitrogen and oxygen atoms in total. The number of rotatable bonds is 7. The second kappa shape index (κ2) is 6.58. The first kappa shape index (κ1) is 14.1. The number of carbonyl (C=O) groups is 1. The second-order valence-electron chi connectivity index (χ2n) is 3.78. The standard InChI is InChI=1S/C11H22N2O2/c1-4-7-9(12)10(14)13-8-11(15,5-2)6-3/h4,9,15H,1,5-8,12H2,2-3H3,(H,13,14). The zero-order valence-electron chi connectivity index (χ0n) is 9.62. The van der Waals surface area contributed by atoms with E-state index in [1.165, 1.54) is 0 Å². The van der Waals surface area contributed by atoms with Crippen LogP contribution in [0.4, 0.5) is 0 Å². The Balaban J connectivity index is 4.03. The van der Waals surface area contributed by atoms with Gasteiger partial charge in [0.1, 0.15) is 0 Å². The molecule has 4 N–H and O–H groups in total. The predicted octanol–water partition coefficient (Wildman–Crippen LogP) is 0.557. The van der Waals surface area contributed by atoms with Crippen molar-refractivity contribution in [1.29, 1.82) is 0 Å². The van der Waals surface area contributed by atoms with E-state index in [0.29, 0.717) is 19.3 Å². The molecule has 0 aliphatic carbocycles. The molecule has 1 atom stereocenters. The van der Waals surface area contributed by atoms with Gasteiger partial charge in [-0.25, -0.2) is 0 Å². The Labute approximate surface area is 91.5 Å². The van der Waals surface area contributed by atoms with Gasteiger partial charge in [0.15, 0.2) is 0 Å². The molecule has 0 bridgehead atoms. The van der Waals surface area contributed by atoms with E-state index in [1.54, 1.807) is 6.08 Å². The zero-order valence-corrected chi connectivity index (χ0v) is 9.62. The normalized spacial score (nSPS) is 13.3. The van der Waals surface area contributed by atoms with E-state index in [2.05, 4.69) is 11.9 Å². The fourth-order valence-electron chi connectivity index (χ4n) is 1.17. The van der Waals surface area contributed by atoms with Gasteiger partial charge in [-0.05, 0) is 19.3 Å². The van der Waals surface area contributed by atoms with Gasteiger partial charge in [0.05, 0.1) is 11.6 Å². The van der Waals surface area contributed by atoms with Crippen molar-refractivity contribution in [3.8, 4) is 0 Å². The first-order valence-electron chi connectivity index (χ1n) is 5.35. The van der Waals surface area contributed by atoms with E-state index >= 15 is 0 Å². The van der Waals surface area contributed by atoms with Gasteiger partial charge in [0.25, 0.3) is 0 Å². The van der Waals surface area contributed by atoms with Crippen LogP contribution in [0.5, 0.6) is 0 Å². The number of nitrogens with two attached hydrogens (primary N) is 1. The van der Waals surface area contributed by atoms with Gasteiger partial charge in [-0.2, -0.15) is 0 Å². The molecule has 1 unspecified atom stereocenters. The molecule has 4 heteroatoms. The number of nitrogens with one attached hydrogen (secondary N) is 1. The molecule has 0 aliphatic rings. The van der Waals surface area contributed by atoms with E-state index in [4.69, 9.17) is 5.73 Å². The topological polar surface area (TPSA) is 75.4 Å². The SMILES string of the molecule is C=CCC(N)C(=O)NCC(O)(CC)CC. The van der Waals surface area contributed by atoms with E-state index in [0.717, 1.165) is 0 Å². The van der Waals surface area contributed by atoms with E-state index in [9.17, 15) is 9.90 Å². The molecule has 0 saturated heterocycles. The minimum atomic E-state index is -0.816. The van der Waals surface area contributed by atoms with Gasteiger partial charge in [0.2, 0.25) is 5.91 Å². The fourth-order valence-corrected chi connectivity index (χ4v) is 1.17. The average Bonchev–Trinajstić information content (AvgIpc) is 2.25. The Hall–Kier alpha value is -0.870. The summed E-state index contributed by atoms with van der Waals surface area (Å²) >= 11 is 0. The van der Waals surface area contributed by atoms with Crippen LogP contribution >= 0.6 is 0 Å². The highest BCUT2D eigenvalue weighted by atomic mass is 16.3. The number of amides is 1. The second-order valence-corrected chi connectivity index (χ2v) is 3.78. The maximum Gasteiger partial charge on any atom is 0.237 e. The third-order valence-corrected chi connectivity index (χ3v) is 2.67. The van der Waals surface area contributed by atoms with Gasteiger partial charge in [-0.3, -0.25) is 4.79 Å². The van der Waals surface area contributed by atoms with Crippen LogP contribution in [-0.4, -0.2) is 29.2 Å². The largest absolute Gasteiger partial charge is 0.388 e. The highest BCUT2D eigenvalue weighted by Gasteiger charge is 2.23. The summed E-state index contributed by atoms with van der Waals surface area (Å²) in [5, 5.41) is 12.6. The highest BCUT2D eigenvalue weighted by molar-refractivity contribution is 5.81. The molecule has 0 rings (SSSR count). The van der Waals surface area contributed by atoms with Crippen molar-refractivity contribution in [1.82, 2.24) is 5.32 Å². The Morgan fingerprint density at radius 3 is 2.53 bits per heavy atom. The molecular weight excluding hydrogens is 192 g/mol. The number of hydrogen-bond acceptors (Lipinski definition) is 3. The van der Waals surface area contributed by atoms with Crippen LogP contribution in [0.25, 0.3) is 0 Å². The summed E-state index contributed by atoms with van der Waals surface area (Å²) in [4.78, 5) is 11.4. The predicted molar refractivity (Wildman–Crippen MR) is 61.3 cm³/mol. The van der Waals surface area contributed by atoms with Crippen LogP contribution in [-0.2, 0) is 4.79 Å². The van der Waals surface area contributed by atoms with Crippen LogP contribution in [0.15, 0.2) is 12.7 Å². The molecule has 0 aliphatic heterocycles. The van der Waals surface area contributed by atoms with Crippen LogP contribution in [0.3, 0.4) is 0 Å². The molecule has 0 fully saturated rings. The summed E-state index contributed by atoms with van der Waals surface area (Å²) in [5.41, 5.74) is 4.76. The van der Waals surface area contributed by atoms with Gasteiger partial charge < -0.3 is 16.2 Å². The molecule has 0 spiro atoms. The molecular formula is C11H22N2O2. The minimum absolute atomic E-state index is 0.241. The van der Waals surface area contributed by atoms with Gasteiger partial charge in [-0.1, -0.05) is 19.9 Å². The van der Waals surface area contributed by atoms with Crippen molar-refractivity contribution in [2.75, 3.05) is 6.54 Å². The Morgan fingerprint density at radius 2 is 2.13 bits per heavy atom.